The van der Waals surface area contributed by atoms with Gasteiger partial charge >= 0.3 is 0 Å². The Morgan fingerprint density at radius 1 is 0.654 bits per heavy atom. The van der Waals surface area contributed by atoms with Crippen LogP contribution in [0.4, 0.5) is 0 Å². The molecule has 0 N–H and O–H groups in total. The highest BCUT2D eigenvalue weighted by Crippen LogP contribution is 2.36. The van der Waals surface area contributed by atoms with Crippen molar-refractivity contribution in [1.29, 1.82) is 0 Å². The van der Waals surface area contributed by atoms with E-state index in [-0.39, 0.29) is 0 Å². The molecule has 1 aromatic heterocycles. The van der Waals surface area contributed by atoms with E-state index in [4.69, 9.17) is 23.5 Å². The smallest absolute Gasteiger partial charge is 0.258 e. The summed E-state index contributed by atoms with van der Waals surface area (Å²) in [4.78, 5) is 4.50. The van der Waals surface area contributed by atoms with Gasteiger partial charge in [-0.3, -0.25) is 0 Å². The molecule has 0 spiro atoms. The van der Waals surface area contributed by atoms with Crippen molar-refractivity contribution >= 4 is 0 Å². The molecule has 2 aliphatic heterocycles. The standard InChI is InChI=1S/C19H16N2O5/c1-6-22-14-5-3-13(11-17(14)23-7-1)19-20-18(21-26-19)12-2-4-15-16(10-12)25-9-8-24-15/h2-5,10-11H,1,6-9H2. The minimum atomic E-state index is 0.422. The van der Waals surface area contributed by atoms with Gasteiger partial charge in [-0.1, -0.05) is 5.16 Å². The molecule has 3 heterocycles. The first-order valence-electron chi connectivity index (χ1n) is 8.50. The van der Waals surface area contributed by atoms with E-state index in [1.807, 2.05) is 36.4 Å². The third kappa shape index (κ3) is 2.71. The molecule has 0 radical (unpaired) electrons. The highest BCUT2D eigenvalue weighted by atomic mass is 16.6. The second kappa shape index (κ2) is 6.25. The number of benzene rings is 2. The molecule has 0 unspecified atom stereocenters. The summed E-state index contributed by atoms with van der Waals surface area (Å²) in [6.07, 6.45) is 0.860. The maximum atomic E-state index is 5.72. The Balaban J connectivity index is 1.46. The molecule has 0 saturated carbocycles. The van der Waals surface area contributed by atoms with Crippen molar-refractivity contribution in [3.8, 4) is 45.8 Å². The van der Waals surface area contributed by atoms with Crippen molar-refractivity contribution in [3.05, 3.63) is 36.4 Å². The number of fused-ring (bicyclic) bond motifs is 2. The maximum Gasteiger partial charge on any atom is 0.258 e. The molecule has 0 amide bonds. The number of aromatic nitrogens is 2. The summed E-state index contributed by atoms with van der Waals surface area (Å²) >= 11 is 0. The normalized spacial score (nSPS) is 15.4. The lowest BCUT2D eigenvalue weighted by Gasteiger charge is -2.18. The molecule has 0 aliphatic carbocycles. The summed E-state index contributed by atoms with van der Waals surface area (Å²) in [6, 6.07) is 11.2. The Labute approximate surface area is 149 Å². The van der Waals surface area contributed by atoms with E-state index in [0.29, 0.717) is 49.6 Å². The van der Waals surface area contributed by atoms with Gasteiger partial charge in [0.2, 0.25) is 5.82 Å². The number of rotatable bonds is 2. The van der Waals surface area contributed by atoms with E-state index in [9.17, 15) is 0 Å². The van der Waals surface area contributed by atoms with Gasteiger partial charge in [-0.25, -0.2) is 0 Å². The lowest BCUT2D eigenvalue weighted by Crippen LogP contribution is -2.15. The number of hydrogen-bond donors (Lipinski definition) is 0. The van der Waals surface area contributed by atoms with Crippen LogP contribution in [0, 0.1) is 0 Å². The summed E-state index contributed by atoms with van der Waals surface area (Å²) in [5.41, 5.74) is 1.59. The maximum absolute atomic E-state index is 5.72. The zero-order chi connectivity index (χ0) is 17.3. The number of nitrogens with zero attached hydrogens (tertiary/aromatic N) is 2. The second-order valence-corrected chi connectivity index (χ2v) is 5.99. The lowest BCUT2D eigenvalue weighted by molar-refractivity contribution is 0.171. The first-order chi connectivity index (χ1) is 12.9. The van der Waals surface area contributed by atoms with E-state index >= 15 is 0 Å². The first kappa shape index (κ1) is 15.1. The topological polar surface area (TPSA) is 75.8 Å². The molecule has 3 aromatic rings. The average Bonchev–Trinajstić information content (AvgIpc) is 3.07. The van der Waals surface area contributed by atoms with Crippen LogP contribution < -0.4 is 18.9 Å². The molecule has 5 rings (SSSR count). The minimum absolute atomic E-state index is 0.422. The summed E-state index contributed by atoms with van der Waals surface area (Å²) in [6.45, 7) is 2.37. The zero-order valence-corrected chi connectivity index (χ0v) is 13.9. The van der Waals surface area contributed by atoms with Crippen molar-refractivity contribution in [3.63, 3.8) is 0 Å². The van der Waals surface area contributed by atoms with Gasteiger partial charge in [0, 0.05) is 17.5 Å². The quantitative estimate of drug-likeness (QED) is 0.700. The van der Waals surface area contributed by atoms with Gasteiger partial charge in [0.15, 0.2) is 23.0 Å². The first-order valence-corrected chi connectivity index (χ1v) is 8.50. The molecule has 0 saturated heterocycles. The molecule has 0 fully saturated rings. The van der Waals surface area contributed by atoms with E-state index in [1.54, 1.807) is 0 Å². The fourth-order valence-corrected chi connectivity index (χ4v) is 2.94. The molecule has 7 nitrogen and oxygen atoms in total. The summed E-state index contributed by atoms with van der Waals surface area (Å²) < 4.78 is 28.0. The Bertz CT molecular complexity index is 953. The SMILES string of the molecule is c1cc2c(cc1-c1noc(-c3ccc4c(c3)OCCCO4)n1)OCCO2. The Morgan fingerprint density at radius 3 is 2.08 bits per heavy atom. The number of hydrogen-bond acceptors (Lipinski definition) is 7. The van der Waals surface area contributed by atoms with E-state index < -0.39 is 0 Å². The van der Waals surface area contributed by atoms with Crippen LogP contribution in [0.5, 0.6) is 23.0 Å². The molecule has 132 valence electrons. The van der Waals surface area contributed by atoms with Crippen molar-refractivity contribution in [2.75, 3.05) is 26.4 Å². The summed E-state index contributed by atoms with van der Waals surface area (Å²) in [7, 11) is 0. The fourth-order valence-electron chi connectivity index (χ4n) is 2.94. The molecular formula is C19H16N2O5. The largest absolute Gasteiger partial charge is 0.490 e. The lowest BCUT2D eigenvalue weighted by atomic mass is 10.1. The van der Waals surface area contributed by atoms with Crippen LogP contribution in [0.15, 0.2) is 40.9 Å². The number of ether oxygens (including phenoxy) is 4. The highest BCUT2D eigenvalue weighted by molar-refractivity contribution is 5.65. The van der Waals surface area contributed by atoms with Crippen LogP contribution >= 0.6 is 0 Å². The monoisotopic (exact) mass is 352 g/mol. The van der Waals surface area contributed by atoms with Gasteiger partial charge in [0.05, 0.1) is 13.2 Å². The molecule has 2 aromatic carbocycles. The van der Waals surface area contributed by atoms with Crippen molar-refractivity contribution in [2.24, 2.45) is 0 Å². The van der Waals surface area contributed by atoms with Crippen molar-refractivity contribution < 1.29 is 23.5 Å². The van der Waals surface area contributed by atoms with Crippen molar-refractivity contribution in [2.45, 2.75) is 6.42 Å². The van der Waals surface area contributed by atoms with Crippen LogP contribution in [-0.4, -0.2) is 36.6 Å². The third-order valence-corrected chi connectivity index (χ3v) is 4.22. The predicted octanol–water partition coefficient (Wildman–Crippen LogP) is 3.34. The molecule has 7 heteroatoms. The summed E-state index contributed by atoms with van der Waals surface area (Å²) in [5.74, 6) is 3.76. The molecule has 0 atom stereocenters. The van der Waals surface area contributed by atoms with E-state index in [2.05, 4.69) is 10.1 Å². The predicted molar refractivity (Wildman–Crippen MR) is 91.8 cm³/mol. The third-order valence-electron chi connectivity index (χ3n) is 4.22. The molecular weight excluding hydrogens is 336 g/mol. The van der Waals surface area contributed by atoms with Crippen LogP contribution in [0.3, 0.4) is 0 Å². The highest BCUT2D eigenvalue weighted by Gasteiger charge is 2.18. The Hall–Kier alpha value is -3.22. The van der Waals surface area contributed by atoms with Gasteiger partial charge in [0.1, 0.15) is 13.2 Å². The minimum Gasteiger partial charge on any atom is -0.490 e. The Morgan fingerprint density at radius 2 is 1.27 bits per heavy atom. The van der Waals surface area contributed by atoms with Crippen molar-refractivity contribution in [1.82, 2.24) is 10.1 Å². The van der Waals surface area contributed by atoms with E-state index in [0.717, 1.165) is 29.0 Å². The van der Waals surface area contributed by atoms with Crippen LogP contribution in [0.1, 0.15) is 6.42 Å². The van der Waals surface area contributed by atoms with Gasteiger partial charge < -0.3 is 23.5 Å². The fraction of sp³-hybridized carbons (Fsp3) is 0.263. The zero-order valence-electron chi connectivity index (χ0n) is 13.9. The average molecular weight is 352 g/mol. The van der Waals surface area contributed by atoms with Crippen LogP contribution in [-0.2, 0) is 0 Å². The molecule has 2 aliphatic rings. The van der Waals surface area contributed by atoms with Gasteiger partial charge in [0.25, 0.3) is 5.89 Å². The molecule has 0 bridgehead atoms. The summed E-state index contributed by atoms with van der Waals surface area (Å²) in [5, 5.41) is 4.09. The second-order valence-electron chi connectivity index (χ2n) is 5.99. The van der Waals surface area contributed by atoms with Crippen LogP contribution in [0.25, 0.3) is 22.8 Å². The van der Waals surface area contributed by atoms with Gasteiger partial charge in [-0.2, -0.15) is 4.98 Å². The Kier molecular flexibility index (Phi) is 3.62. The van der Waals surface area contributed by atoms with Gasteiger partial charge in [-0.05, 0) is 36.4 Å². The van der Waals surface area contributed by atoms with E-state index in [1.165, 1.54) is 0 Å². The molecule has 26 heavy (non-hydrogen) atoms. The van der Waals surface area contributed by atoms with Crippen LogP contribution in [0.2, 0.25) is 0 Å². The van der Waals surface area contributed by atoms with Gasteiger partial charge in [-0.15, -0.1) is 0 Å².